The van der Waals surface area contributed by atoms with Crippen molar-refractivity contribution in [2.24, 2.45) is 4.99 Å². The molecule has 3 rings (SSSR count). The van der Waals surface area contributed by atoms with Gasteiger partial charge in [0.05, 0.1) is 13.5 Å². The Hall–Kier alpha value is -2.95. The number of aliphatic imine (C=N–C) groups is 1. The summed E-state index contributed by atoms with van der Waals surface area (Å²) in [6.07, 6.45) is 0.117. The molecule has 0 aliphatic carbocycles. The molecule has 1 aliphatic heterocycles. The van der Waals surface area contributed by atoms with E-state index in [2.05, 4.69) is 4.99 Å². The average molecular weight is 323 g/mol. The fourth-order valence-electron chi connectivity index (χ4n) is 2.68. The lowest BCUT2D eigenvalue weighted by Gasteiger charge is -2.20. The number of ether oxygens (including phenoxy) is 2. The minimum absolute atomic E-state index is 0.159. The highest BCUT2D eigenvalue weighted by atomic mass is 16.6. The molecule has 0 spiro atoms. The van der Waals surface area contributed by atoms with Gasteiger partial charge in [0.1, 0.15) is 0 Å². The molecule has 1 aliphatic rings. The summed E-state index contributed by atoms with van der Waals surface area (Å²) in [5.74, 6) is -0.794. The van der Waals surface area contributed by atoms with Crippen LogP contribution in [0.4, 0.5) is 0 Å². The SMILES string of the molecule is COC(=O)C[C@@]1(Cc2ccccc2)N=C(c2ccccc2)OC1=O. The molecule has 2 aromatic carbocycles. The molecular weight excluding hydrogens is 306 g/mol. The molecule has 0 unspecified atom stereocenters. The van der Waals surface area contributed by atoms with Gasteiger partial charge in [0, 0.05) is 12.0 Å². The summed E-state index contributed by atoms with van der Waals surface area (Å²) in [6.45, 7) is 0. The quantitative estimate of drug-likeness (QED) is 0.793. The number of carbonyl (C=O) groups is 2. The van der Waals surface area contributed by atoms with Crippen molar-refractivity contribution in [3.05, 3.63) is 71.8 Å². The molecule has 1 atom stereocenters. The Labute approximate surface area is 139 Å². The summed E-state index contributed by atoms with van der Waals surface area (Å²) in [5.41, 5.74) is 0.307. The maximum atomic E-state index is 12.6. The highest BCUT2D eigenvalue weighted by Gasteiger charge is 2.48. The minimum Gasteiger partial charge on any atom is -0.469 e. The van der Waals surface area contributed by atoms with Crippen LogP contribution in [0.2, 0.25) is 0 Å². The van der Waals surface area contributed by atoms with E-state index in [0.717, 1.165) is 5.56 Å². The number of methoxy groups -OCH3 is 1. The zero-order chi connectivity index (χ0) is 17.0. The zero-order valence-electron chi connectivity index (χ0n) is 13.3. The number of rotatable bonds is 5. The maximum Gasteiger partial charge on any atom is 0.341 e. The van der Waals surface area contributed by atoms with Crippen molar-refractivity contribution in [2.75, 3.05) is 7.11 Å². The van der Waals surface area contributed by atoms with Gasteiger partial charge in [0.15, 0.2) is 5.54 Å². The maximum absolute atomic E-state index is 12.6. The molecule has 0 N–H and O–H groups in total. The monoisotopic (exact) mass is 323 g/mol. The molecule has 0 fully saturated rings. The third kappa shape index (κ3) is 3.20. The Morgan fingerprint density at radius 2 is 1.71 bits per heavy atom. The number of esters is 2. The van der Waals surface area contributed by atoms with Crippen LogP contribution in [0, 0.1) is 0 Å². The summed E-state index contributed by atoms with van der Waals surface area (Å²) < 4.78 is 10.1. The van der Waals surface area contributed by atoms with E-state index in [1.165, 1.54) is 7.11 Å². The van der Waals surface area contributed by atoms with Crippen molar-refractivity contribution in [3.63, 3.8) is 0 Å². The largest absolute Gasteiger partial charge is 0.469 e. The van der Waals surface area contributed by atoms with E-state index in [4.69, 9.17) is 9.47 Å². The van der Waals surface area contributed by atoms with Crippen LogP contribution in [0.15, 0.2) is 65.7 Å². The van der Waals surface area contributed by atoms with Gasteiger partial charge in [-0.2, -0.15) is 0 Å². The topological polar surface area (TPSA) is 65.0 Å². The van der Waals surface area contributed by atoms with Crippen molar-refractivity contribution in [3.8, 4) is 0 Å². The first-order valence-electron chi connectivity index (χ1n) is 7.61. The zero-order valence-corrected chi connectivity index (χ0v) is 13.3. The van der Waals surface area contributed by atoms with Crippen LogP contribution in [-0.2, 0) is 25.5 Å². The summed E-state index contributed by atoms with van der Waals surface area (Å²) >= 11 is 0. The van der Waals surface area contributed by atoms with E-state index in [1.807, 2.05) is 60.7 Å². The van der Waals surface area contributed by atoms with E-state index in [9.17, 15) is 9.59 Å². The molecule has 24 heavy (non-hydrogen) atoms. The van der Waals surface area contributed by atoms with Crippen molar-refractivity contribution < 1.29 is 19.1 Å². The lowest BCUT2D eigenvalue weighted by atomic mass is 9.88. The number of benzene rings is 2. The van der Waals surface area contributed by atoms with Gasteiger partial charge in [-0.05, 0) is 17.7 Å². The molecule has 122 valence electrons. The van der Waals surface area contributed by atoms with Gasteiger partial charge in [-0.25, -0.2) is 9.79 Å². The lowest BCUT2D eigenvalue weighted by molar-refractivity contribution is -0.148. The van der Waals surface area contributed by atoms with Gasteiger partial charge in [-0.3, -0.25) is 4.79 Å². The molecule has 0 bridgehead atoms. The molecule has 2 aromatic rings. The second-order valence-corrected chi connectivity index (χ2v) is 5.62. The Bertz CT molecular complexity index is 770. The minimum atomic E-state index is -1.29. The second-order valence-electron chi connectivity index (χ2n) is 5.62. The van der Waals surface area contributed by atoms with Crippen LogP contribution in [0.1, 0.15) is 17.5 Å². The number of cyclic esters (lactones) is 1. The first kappa shape index (κ1) is 15.9. The second kappa shape index (κ2) is 6.66. The third-order valence-electron chi connectivity index (χ3n) is 3.91. The summed E-state index contributed by atoms with van der Waals surface area (Å²) in [6, 6.07) is 18.6. The normalized spacial score (nSPS) is 19.5. The van der Waals surface area contributed by atoms with Gasteiger partial charge in [0.2, 0.25) is 5.90 Å². The first-order valence-corrected chi connectivity index (χ1v) is 7.61. The van der Waals surface area contributed by atoms with Crippen LogP contribution in [0.3, 0.4) is 0 Å². The fourth-order valence-corrected chi connectivity index (χ4v) is 2.68. The summed E-state index contributed by atoms with van der Waals surface area (Å²) in [7, 11) is 1.29. The Morgan fingerprint density at radius 3 is 2.33 bits per heavy atom. The van der Waals surface area contributed by atoms with Gasteiger partial charge in [-0.15, -0.1) is 0 Å². The molecule has 0 aromatic heterocycles. The van der Waals surface area contributed by atoms with Crippen LogP contribution in [-0.4, -0.2) is 30.5 Å². The number of hydrogen-bond acceptors (Lipinski definition) is 5. The molecule has 5 nitrogen and oxygen atoms in total. The van der Waals surface area contributed by atoms with Crippen molar-refractivity contribution >= 4 is 17.8 Å². The first-order chi connectivity index (χ1) is 11.6. The smallest absolute Gasteiger partial charge is 0.341 e. The highest BCUT2D eigenvalue weighted by molar-refractivity contribution is 6.09. The Morgan fingerprint density at radius 1 is 1.08 bits per heavy atom. The number of carbonyl (C=O) groups excluding carboxylic acids is 2. The molecule has 0 saturated carbocycles. The van der Waals surface area contributed by atoms with Crippen molar-refractivity contribution in [1.82, 2.24) is 0 Å². The van der Waals surface area contributed by atoms with Crippen LogP contribution in [0.5, 0.6) is 0 Å². The van der Waals surface area contributed by atoms with Crippen molar-refractivity contribution in [2.45, 2.75) is 18.4 Å². The summed E-state index contributed by atoms with van der Waals surface area (Å²) in [5, 5.41) is 0. The standard InChI is InChI=1S/C19H17NO4/c1-23-16(21)13-19(12-14-8-4-2-5-9-14)18(22)24-17(20-19)15-10-6-3-7-11-15/h2-11H,12-13H2,1H3/t19-/m1/s1. The molecule has 0 amide bonds. The van der Waals surface area contributed by atoms with E-state index in [1.54, 1.807) is 0 Å². The molecule has 0 saturated heterocycles. The van der Waals surface area contributed by atoms with Crippen LogP contribution < -0.4 is 0 Å². The highest BCUT2D eigenvalue weighted by Crippen LogP contribution is 2.31. The van der Waals surface area contributed by atoms with Crippen LogP contribution in [0.25, 0.3) is 0 Å². The van der Waals surface area contributed by atoms with Gasteiger partial charge in [0.25, 0.3) is 0 Å². The lowest BCUT2D eigenvalue weighted by Crippen LogP contribution is -2.39. The van der Waals surface area contributed by atoms with E-state index >= 15 is 0 Å². The fraction of sp³-hybridized carbons (Fsp3) is 0.211. The number of hydrogen-bond donors (Lipinski definition) is 0. The summed E-state index contributed by atoms with van der Waals surface area (Å²) in [4.78, 5) is 28.9. The van der Waals surface area contributed by atoms with E-state index in [-0.39, 0.29) is 18.7 Å². The van der Waals surface area contributed by atoms with E-state index < -0.39 is 17.5 Å². The Kier molecular flexibility index (Phi) is 4.42. The Balaban J connectivity index is 1.99. The molecule has 1 heterocycles. The van der Waals surface area contributed by atoms with Crippen LogP contribution >= 0.6 is 0 Å². The molecular formula is C19H17NO4. The molecule has 0 radical (unpaired) electrons. The van der Waals surface area contributed by atoms with Gasteiger partial charge >= 0.3 is 11.9 Å². The van der Waals surface area contributed by atoms with Gasteiger partial charge < -0.3 is 9.47 Å². The number of nitrogens with zero attached hydrogens (tertiary/aromatic N) is 1. The van der Waals surface area contributed by atoms with E-state index in [0.29, 0.717) is 5.56 Å². The predicted octanol–water partition coefficient (Wildman–Crippen LogP) is 2.53. The predicted molar refractivity (Wildman–Crippen MR) is 88.6 cm³/mol. The third-order valence-corrected chi connectivity index (χ3v) is 3.91. The van der Waals surface area contributed by atoms with Gasteiger partial charge in [-0.1, -0.05) is 48.5 Å². The average Bonchev–Trinajstić information content (AvgIpc) is 2.93. The van der Waals surface area contributed by atoms with Crippen molar-refractivity contribution in [1.29, 1.82) is 0 Å². The molecule has 5 heteroatoms.